The fourth-order valence-corrected chi connectivity index (χ4v) is 2.87. The number of nitrogens with zero attached hydrogens (tertiary/aromatic N) is 2. The quantitative estimate of drug-likeness (QED) is 0.557. The summed E-state index contributed by atoms with van der Waals surface area (Å²) in [7, 11) is 0. The van der Waals surface area contributed by atoms with Crippen molar-refractivity contribution in [3.8, 4) is 5.75 Å². The van der Waals surface area contributed by atoms with Crippen LogP contribution in [0.3, 0.4) is 0 Å². The van der Waals surface area contributed by atoms with Crippen molar-refractivity contribution in [2.75, 3.05) is 17.2 Å². The maximum atomic E-state index is 5.48. The molecule has 0 saturated heterocycles. The zero-order valence-electron chi connectivity index (χ0n) is 16.3. The minimum absolute atomic E-state index is 0.429. The van der Waals surface area contributed by atoms with Crippen LogP contribution >= 0.6 is 0 Å². The molecular weight excluding hydrogens is 336 g/mol. The van der Waals surface area contributed by atoms with Gasteiger partial charge in [0.05, 0.1) is 6.61 Å². The summed E-state index contributed by atoms with van der Waals surface area (Å²) in [6.45, 7) is 8.96. The van der Waals surface area contributed by atoms with Gasteiger partial charge in [-0.15, -0.1) is 0 Å². The molecule has 0 saturated carbocycles. The molecule has 27 heavy (non-hydrogen) atoms. The van der Waals surface area contributed by atoms with Gasteiger partial charge in [-0.3, -0.25) is 0 Å². The summed E-state index contributed by atoms with van der Waals surface area (Å²) < 4.78 is 5.48. The minimum atomic E-state index is 0.429. The molecule has 5 nitrogen and oxygen atoms in total. The minimum Gasteiger partial charge on any atom is -0.494 e. The van der Waals surface area contributed by atoms with E-state index < -0.39 is 0 Å². The summed E-state index contributed by atoms with van der Waals surface area (Å²) >= 11 is 0. The van der Waals surface area contributed by atoms with Crippen molar-refractivity contribution in [1.82, 2.24) is 9.97 Å². The van der Waals surface area contributed by atoms with E-state index in [2.05, 4.69) is 52.6 Å². The van der Waals surface area contributed by atoms with Crippen LogP contribution in [0.25, 0.3) is 0 Å². The lowest BCUT2D eigenvalue weighted by Crippen LogP contribution is -2.04. The van der Waals surface area contributed by atoms with E-state index in [-0.39, 0.29) is 0 Å². The van der Waals surface area contributed by atoms with E-state index in [1.165, 1.54) is 5.56 Å². The number of benzene rings is 2. The molecule has 0 spiro atoms. The van der Waals surface area contributed by atoms with Gasteiger partial charge >= 0.3 is 0 Å². The van der Waals surface area contributed by atoms with Gasteiger partial charge in [0.25, 0.3) is 0 Å². The molecular formula is C22H26N4O. The van der Waals surface area contributed by atoms with Crippen LogP contribution in [0.15, 0.2) is 54.6 Å². The average molecular weight is 362 g/mol. The van der Waals surface area contributed by atoms with Crippen LogP contribution in [0.1, 0.15) is 37.9 Å². The summed E-state index contributed by atoms with van der Waals surface area (Å²) in [5, 5.41) is 6.70. The number of hydrogen-bond acceptors (Lipinski definition) is 5. The van der Waals surface area contributed by atoms with Gasteiger partial charge in [-0.25, -0.2) is 4.98 Å². The normalized spacial score (nSPS) is 10.7. The lowest BCUT2D eigenvalue weighted by Gasteiger charge is -2.15. The van der Waals surface area contributed by atoms with E-state index in [4.69, 9.17) is 4.74 Å². The molecule has 0 atom stereocenters. The summed E-state index contributed by atoms with van der Waals surface area (Å²) in [5.41, 5.74) is 4.13. The third kappa shape index (κ3) is 4.97. The summed E-state index contributed by atoms with van der Waals surface area (Å²) in [6, 6.07) is 18.0. The fraction of sp³-hybridized carbons (Fsp3) is 0.273. The van der Waals surface area contributed by atoms with Crippen LogP contribution in [0.4, 0.5) is 23.1 Å². The van der Waals surface area contributed by atoms with E-state index in [0.717, 1.165) is 28.6 Å². The molecule has 0 bridgehead atoms. The lowest BCUT2D eigenvalue weighted by molar-refractivity contribution is 0.340. The second kappa shape index (κ2) is 8.54. The molecule has 2 aromatic carbocycles. The van der Waals surface area contributed by atoms with Crippen molar-refractivity contribution >= 4 is 23.1 Å². The number of hydrogen-bond donors (Lipinski definition) is 2. The Morgan fingerprint density at radius 3 is 2.41 bits per heavy atom. The van der Waals surface area contributed by atoms with E-state index in [0.29, 0.717) is 18.5 Å². The molecule has 0 aliphatic heterocycles. The van der Waals surface area contributed by atoms with Gasteiger partial charge in [0, 0.05) is 23.1 Å². The average Bonchev–Trinajstić information content (AvgIpc) is 2.63. The fourth-order valence-electron chi connectivity index (χ4n) is 2.87. The Morgan fingerprint density at radius 2 is 1.70 bits per heavy atom. The van der Waals surface area contributed by atoms with E-state index in [1.807, 2.05) is 50.2 Å². The van der Waals surface area contributed by atoms with E-state index in [9.17, 15) is 0 Å². The van der Waals surface area contributed by atoms with Crippen molar-refractivity contribution < 1.29 is 4.74 Å². The Labute approximate surface area is 160 Å². The van der Waals surface area contributed by atoms with Gasteiger partial charge < -0.3 is 15.4 Å². The maximum Gasteiger partial charge on any atom is 0.229 e. The standard InChI is InChI=1S/C22H26N4O/c1-5-27-18-12-10-17(11-13-18)24-22-23-16(4)14-21(26-22)25-20-9-7-6-8-19(20)15(2)3/h6-15H,5H2,1-4H3,(H2,23,24,25,26). The monoisotopic (exact) mass is 362 g/mol. The first-order chi connectivity index (χ1) is 13.0. The van der Waals surface area contributed by atoms with Crippen LogP contribution in [-0.2, 0) is 0 Å². The topological polar surface area (TPSA) is 59.1 Å². The summed E-state index contributed by atoms with van der Waals surface area (Å²) in [6.07, 6.45) is 0. The highest BCUT2D eigenvalue weighted by Crippen LogP contribution is 2.27. The highest BCUT2D eigenvalue weighted by Gasteiger charge is 2.08. The molecule has 0 aliphatic carbocycles. The first kappa shape index (κ1) is 18.7. The first-order valence-electron chi connectivity index (χ1n) is 9.26. The third-order valence-corrected chi connectivity index (χ3v) is 4.12. The van der Waals surface area contributed by atoms with Gasteiger partial charge in [0.2, 0.25) is 5.95 Å². The van der Waals surface area contributed by atoms with Crippen LogP contribution in [0.5, 0.6) is 5.75 Å². The lowest BCUT2D eigenvalue weighted by atomic mass is 10.0. The Kier molecular flexibility index (Phi) is 5.91. The van der Waals surface area contributed by atoms with Crippen molar-refractivity contribution in [1.29, 1.82) is 0 Å². The second-order valence-corrected chi connectivity index (χ2v) is 6.67. The number of nitrogens with one attached hydrogen (secondary N) is 2. The Bertz CT molecular complexity index is 891. The van der Waals surface area contributed by atoms with Crippen LogP contribution in [-0.4, -0.2) is 16.6 Å². The zero-order chi connectivity index (χ0) is 19.2. The van der Waals surface area contributed by atoms with Crippen molar-refractivity contribution in [3.63, 3.8) is 0 Å². The highest BCUT2D eigenvalue weighted by molar-refractivity contribution is 5.63. The number of aryl methyl sites for hydroxylation is 1. The van der Waals surface area contributed by atoms with Crippen LogP contribution in [0, 0.1) is 6.92 Å². The van der Waals surface area contributed by atoms with Crippen molar-refractivity contribution in [3.05, 3.63) is 65.9 Å². The molecule has 0 fully saturated rings. The SMILES string of the molecule is CCOc1ccc(Nc2nc(C)cc(Nc3ccccc3C(C)C)n2)cc1. The molecule has 140 valence electrons. The van der Waals surface area contributed by atoms with Gasteiger partial charge in [-0.2, -0.15) is 4.98 Å². The first-order valence-corrected chi connectivity index (χ1v) is 9.26. The molecule has 1 heterocycles. The van der Waals surface area contributed by atoms with Crippen LogP contribution < -0.4 is 15.4 Å². The largest absolute Gasteiger partial charge is 0.494 e. The molecule has 0 radical (unpaired) electrons. The molecule has 0 unspecified atom stereocenters. The zero-order valence-corrected chi connectivity index (χ0v) is 16.3. The van der Waals surface area contributed by atoms with E-state index >= 15 is 0 Å². The number of para-hydroxylation sites is 1. The molecule has 3 rings (SSSR count). The summed E-state index contributed by atoms with van der Waals surface area (Å²) in [4.78, 5) is 9.11. The maximum absolute atomic E-state index is 5.48. The molecule has 2 N–H and O–H groups in total. The van der Waals surface area contributed by atoms with E-state index in [1.54, 1.807) is 0 Å². The second-order valence-electron chi connectivity index (χ2n) is 6.67. The summed E-state index contributed by atoms with van der Waals surface area (Å²) in [5.74, 6) is 2.60. The Balaban J connectivity index is 1.80. The number of aromatic nitrogens is 2. The number of rotatable bonds is 7. The highest BCUT2D eigenvalue weighted by atomic mass is 16.5. The predicted molar refractivity (Wildman–Crippen MR) is 111 cm³/mol. The third-order valence-electron chi connectivity index (χ3n) is 4.12. The molecule has 3 aromatic rings. The van der Waals surface area contributed by atoms with Gasteiger partial charge in [-0.1, -0.05) is 32.0 Å². The Hall–Kier alpha value is -3.08. The van der Waals surface area contributed by atoms with Gasteiger partial charge in [-0.05, 0) is 55.7 Å². The number of anilines is 4. The van der Waals surface area contributed by atoms with Gasteiger partial charge in [0.1, 0.15) is 11.6 Å². The molecule has 0 amide bonds. The molecule has 5 heteroatoms. The van der Waals surface area contributed by atoms with Crippen molar-refractivity contribution in [2.24, 2.45) is 0 Å². The molecule has 0 aliphatic rings. The van der Waals surface area contributed by atoms with Gasteiger partial charge in [0.15, 0.2) is 0 Å². The smallest absolute Gasteiger partial charge is 0.229 e. The van der Waals surface area contributed by atoms with Crippen molar-refractivity contribution in [2.45, 2.75) is 33.6 Å². The number of ether oxygens (including phenoxy) is 1. The Morgan fingerprint density at radius 1 is 0.963 bits per heavy atom. The predicted octanol–water partition coefficient (Wildman–Crippen LogP) is 5.79. The van der Waals surface area contributed by atoms with Crippen LogP contribution in [0.2, 0.25) is 0 Å². The molecule has 1 aromatic heterocycles.